The van der Waals surface area contributed by atoms with E-state index in [0.29, 0.717) is 5.92 Å². The number of ether oxygens (including phenoxy) is 1. The molecule has 1 aromatic heterocycles. The summed E-state index contributed by atoms with van der Waals surface area (Å²) in [6, 6.07) is 0. The molecule has 4 nitrogen and oxygen atoms in total. The lowest BCUT2D eigenvalue weighted by atomic mass is 10.1. The van der Waals surface area contributed by atoms with Gasteiger partial charge in [0.25, 0.3) is 0 Å². The minimum absolute atomic E-state index is 0.251. The van der Waals surface area contributed by atoms with Crippen LogP contribution in [0.5, 0.6) is 0 Å². The fourth-order valence-corrected chi connectivity index (χ4v) is 2.63. The Hall–Kier alpha value is -0.870. The molecule has 0 aliphatic carbocycles. The summed E-state index contributed by atoms with van der Waals surface area (Å²) in [6.45, 7) is 12.3. The van der Waals surface area contributed by atoms with Crippen LogP contribution < -0.4 is 5.32 Å². The number of rotatable bonds is 5. The molecule has 0 spiro atoms. The second kappa shape index (κ2) is 5.85. The van der Waals surface area contributed by atoms with Crippen LogP contribution in [0, 0.1) is 0 Å². The second-order valence-electron chi connectivity index (χ2n) is 5.32. The number of fused-ring (bicyclic) bond motifs is 1. The van der Waals surface area contributed by atoms with Crippen molar-refractivity contribution in [1.82, 2.24) is 14.9 Å². The fourth-order valence-electron chi connectivity index (χ4n) is 2.63. The Morgan fingerprint density at radius 2 is 2.17 bits per heavy atom. The highest BCUT2D eigenvalue weighted by atomic mass is 16.5. The van der Waals surface area contributed by atoms with E-state index < -0.39 is 0 Å². The van der Waals surface area contributed by atoms with Crippen molar-refractivity contribution in [3.63, 3.8) is 0 Å². The molecular weight excluding hydrogens is 226 g/mol. The van der Waals surface area contributed by atoms with Crippen LogP contribution in [0.15, 0.2) is 0 Å². The quantitative estimate of drug-likeness (QED) is 0.871. The third-order valence-electron chi connectivity index (χ3n) is 3.42. The zero-order valence-corrected chi connectivity index (χ0v) is 12.0. The van der Waals surface area contributed by atoms with Crippen molar-refractivity contribution in [3.8, 4) is 0 Å². The van der Waals surface area contributed by atoms with Crippen LogP contribution in [0.2, 0.25) is 0 Å². The van der Waals surface area contributed by atoms with Crippen molar-refractivity contribution in [1.29, 1.82) is 0 Å². The summed E-state index contributed by atoms with van der Waals surface area (Å²) in [5, 5.41) is 3.39. The van der Waals surface area contributed by atoms with Gasteiger partial charge in [-0.05, 0) is 13.8 Å². The third-order valence-corrected chi connectivity index (χ3v) is 3.42. The molecule has 4 heteroatoms. The molecular formula is C14H25N3O. The summed E-state index contributed by atoms with van der Waals surface area (Å²) in [6.07, 6.45) is 1.33. The number of hydrogen-bond donors (Lipinski definition) is 1. The van der Waals surface area contributed by atoms with Gasteiger partial charge < -0.3 is 14.6 Å². The Morgan fingerprint density at radius 3 is 2.83 bits per heavy atom. The van der Waals surface area contributed by atoms with Gasteiger partial charge in [-0.2, -0.15) is 0 Å². The minimum atomic E-state index is 0.251. The molecule has 1 aliphatic rings. The van der Waals surface area contributed by atoms with Gasteiger partial charge in [-0.25, -0.2) is 4.98 Å². The van der Waals surface area contributed by atoms with Crippen molar-refractivity contribution in [2.75, 3.05) is 13.2 Å². The smallest absolute Gasteiger partial charge is 0.111 e. The van der Waals surface area contributed by atoms with E-state index in [1.54, 1.807) is 0 Å². The van der Waals surface area contributed by atoms with E-state index in [1.807, 2.05) is 6.92 Å². The number of hydrogen-bond acceptors (Lipinski definition) is 3. The van der Waals surface area contributed by atoms with Gasteiger partial charge in [-0.15, -0.1) is 0 Å². The average Bonchev–Trinajstić information content (AvgIpc) is 2.69. The first kappa shape index (κ1) is 13.6. The van der Waals surface area contributed by atoms with Gasteiger partial charge in [-0.3, -0.25) is 0 Å². The predicted molar refractivity (Wildman–Crippen MR) is 72.8 cm³/mol. The Morgan fingerprint density at radius 1 is 1.39 bits per heavy atom. The van der Waals surface area contributed by atoms with E-state index in [4.69, 9.17) is 9.72 Å². The van der Waals surface area contributed by atoms with E-state index in [2.05, 4.69) is 30.7 Å². The van der Waals surface area contributed by atoms with Crippen molar-refractivity contribution >= 4 is 0 Å². The zero-order chi connectivity index (χ0) is 13.1. The van der Waals surface area contributed by atoms with Crippen LogP contribution in [0.4, 0.5) is 0 Å². The largest absolute Gasteiger partial charge is 0.377 e. The molecule has 0 bridgehead atoms. The normalized spacial score (nSPS) is 16.9. The Labute approximate surface area is 110 Å². The zero-order valence-electron chi connectivity index (χ0n) is 12.0. The summed E-state index contributed by atoms with van der Waals surface area (Å²) in [5.41, 5.74) is 2.64. The van der Waals surface area contributed by atoms with E-state index >= 15 is 0 Å². The summed E-state index contributed by atoms with van der Waals surface area (Å²) in [7, 11) is 0. The Kier molecular flexibility index (Phi) is 4.40. The first-order chi connectivity index (χ1) is 8.63. The van der Waals surface area contributed by atoms with Gasteiger partial charge in [-0.1, -0.05) is 13.8 Å². The molecule has 1 aromatic rings. The Balaban J connectivity index is 2.27. The summed E-state index contributed by atoms with van der Waals surface area (Å²) in [4.78, 5) is 4.81. The van der Waals surface area contributed by atoms with Crippen LogP contribution in [0.3, 0.4) is 0 Å². The predicted octanol–water partition coefficient (Wildman–Crippen LogP) is 2.08. The summed E-state index contributed by atoms with van der Waals surface area (Å²) >= 11 is 0. The van der Waals surface area contributed by atoms with Crippen molar-refractivity contribution in [2.45, 2.75) is 59.2 Å². The van der Waals surface area contributed by atoms with E-state index in [0.717, 1.165) is 32.7 Å². The number of nitrogens with one attached hydrogen (secondary N) is 1. The maximum Gasteiger partial charge on any atom is 0.111 e. The summed E-state index contributed by atoms with van der Waals surface area (Å²) in [5.74, 6) is 1.67. The molecule has 0 aromatic carbocycles. The molecule has 0 radical (unpaired) electrons. The standard InChI is InChI=1S/C14H25N3O/c1-5-18-11(4)9-17-13-6-7-15-8-12(13)16-14(17)10(2)3/h10-11,15H,5-9H2,1-4H3. The van der Waals surface area contributed by atoms with Gasteiger partial charge >= 0.3 is 0 Å². The molecule has 1 N–H and O–H groups in total. The molecule has 1 atom stereocenters. The minimum Gasteiger partial charge on any atom is -0.377 e. The highest BCUT2D eigenvalue weighted by molar-refractivity contribution is 5.21. The van der Waals surface area contributed by atoms with Gasteiger partial charge in [0.2, 0.25) is 0 Å². The van der Waals surface area contributed by atoms with Crippen LogP contribution in [0.1, 0.15) is 50.8 Å². The molecule has 2 heterocycles. The molecule has 2 rings (SSSR count). The molecule has 18 heavy (non-hydrogen) atoms. The monoisotopic (exact) mass is 251 g/mol. The topological polar surface area (TPSA) is 39.1 Å². The molecule has 1 aliphatic heterocycles. The van der Waals surface area contributed by atoms with Gasteiger partial charge in [0, 0.05) is 37.7 Å². The van der Waals surface area contributed by atoms with Crippen LogP contribution in [0.25, 0.3) is 0 Å². The highest BCUT2D eigenvalue weighted by Crippen LogP contribution is 2.22. The third kappa shape index (κ3) is 2.75. The molecule has 1 unspecified atom stereocenters. The van der Waals surface area contributed by atoms with Crippen LogP contribution in [-0.4, -0.2) is 28.8 Å². The number of nitrogens with zero attached hydrogens (tertiary/aromatic N) is 2. The lowest BCUT2D eigenvalue weighted by Gasteiger charge is -2.20. The molecule has 0 amide bonds. The maximum atomic E-state index is 5.68. The van der Waals surface area contributed by atoms with Crippen molar-refractivity contribution in [3.05, 3.63) is 17.2 Å². The SMILES string of the molecule is CCOC(C)Cn1c(C(C)C)nc2c1CCNC2. The van der Waals surface area contributed by atoms with Crippen molar-refractivity contribution in [2.24, 2.45) is 0 Å². The second-order valence-corrected chi connectivity index (χ2v) is 5.32. The van der Waals surface area contributed by atoms with Gasteiger partial charge in [0.05, 0.1) is 18.3 Å². The lowest BCUT2D eigenvalue weighted by Crippen LogP contribution is -2.27. The molecule has 102 valence electrons. The Bertz CT molecular complexity index is 398. The van der Waals surface area contributed by atoms with Crippen molar-refractivity contribution < 1.29 is 4.74 Å². The number of imidazole rings is 1. The average molecular weight is 251 g/mol. The van der Waals surface area contributed by atoms with Crippen LogP contribution >= 0.6 is 0 Å². The van der Waals surface area contributed by atoms with Gasteiger partial charge in [0.1, 0.15) is 5.82 Å². The first-order valence-corrected chi connectivity index (χ1v) is 7.04. The highest BCUT2D eigenvalue weighted by Gasteiger charge is 2.22. The molecule has 0 saturated carbocycles. The maximum absolute atomic E-state index is 5.68. The fraction of sp³-hybridized carbons (Fsp3) is 0.786. The van der Waals surface area contributed by atoms with E-state index in [9.17, 15) is 0 Å². The van der Waals surface area contributed by atoms with E-state index in [-0.39, 0.29) is 6.10 Å². The molecule has 0 saturated heterocycles. The lowest BCUT2D eigenvalue weighted by molar-refractivity contribution is 0.0626. The molecule has 0 fully saturated rings. The first-order valence-electron chi connectivity index (χ1n) is 7.04. The van der Waals surface area contributed by atoms with Crippen LogP contribution in [-0.2, 0) is 24.2 Å². The summed E-state index contributed by atoms with van der Waals surface area (Å²) < 4.78 is 8.07. The van der Waals surface area contributed by atoms with E-state index in [1.165, 1.54) is 17.2 Å². The number of aromatic nitrogens is 2. The van der Waals surface area contributed by atoms with Gasteiger partial charge in [0.15, 0.2) is 0 Å².